The molecule has 0 aliphatic heterocycles. The number of carbonyl (C=O) groups is 2. The molecule has 0 saturated heterocycles. The molecule has 0 rings (SSSR count). The highest BCUT2D eigenvalue weighted by Gasteiger charge is 2.24. The van der Waals surface area contributed by atoms with Crippen molar-refractivity contribution in [2.45, 2.75) is 25.9 Å². The van der Waals surface area contributed by atoms with Gasteiger partial charge in [-0.05, 0) is 13.8 Å². The number of amides is 2. The largest absolute Gasteiger partial charge is 0.480 e. The van der Waals surface area contributed by atoms with Crippen molar-refractivity contribution in [3.05, 3.63) is 0 Å². The first-order chi connectivity index (χ1) is 7.11. The van der Waals surface area contributed by atoms with Gasteiger partial charge in [0.25, 0.3) is 0 Å². The van der Waals surface area contributed by atoms with Crippen LogP contribution in [-0.2, 0) is 14.6 Å². The van der Waals surface area contributed by atoms with Crippen LogP contribution in [0.3, 0.4) is 0 Å². The number of aliphatic carboxylic acids is 1. The van der Waals surface area contributed by atoms with E-state index in [1.54, 1.807) is 13.8 Å². The van der Waals surface area contributed by atoms with Gasteiger partial charge in [-0.1, -0.05) is 0 Å². The second-order valence-corrected chi connectivity index (χ2v) is 5.94. The molecule has 8 heteroatoms. The Labute approximate surface area is 94.1 Å². The van der Waals surface area contributed by atoms with Crippen molar-refractivity contribution in [3.63, 3.8) is 0 Å². The lowest BCUT2D eigenvalue weighted by Gasteiger charge is -2.15. The number of sulfone groups is 1. The topological polar surface area (TPSA) is 113 Å². The van der Waals surface area contributed by atoms with Crippen LogP contribution in [0.5, 0.6) is 0 Å². The zero-order valence-corrected chi connectivity index (χ0v) is 10.2. The molecule has 0 radical (unpaired) electrons. The molecule has 1 atom stereocenters. The molecule has 0 spiro atoms. The summed E-state index contributed by atoms with van der Waals surface area (Å²) in [6.45, 7) is 3.40. The molecule has 0 aromatic rings. The summed E-state index contributed by atoms with van der Waals surface area (Å²) in [5, 5.41) is 13.2. The van der Waals surface area contributed by atoms with Gasteiger partial charge in [0.15, 0.2) is 0 Å². The predicted molar refractivity (Wildman–Crippen MR) is 57.9 cm³/mol. The maximum absolute atomic E-state index is 11.2. The predicted octanol–water partition coefficient (Wildman–Crippen LogP) is -0.808. The molecule has 0 aliphatic carbocycles. The van der Waals surface area contributed by atoms with Gasteiger partial charge in [0.2, 0.25) is 0 Å². The van der Waals surface area contributed by atoms with Crippen LogP contribution < -0.4 is 10.6 Å². The Morgan fingerprint density at radius 2 is 1.75 bits per heavy atom. The zero-order valence-electron chi connectivity index (χ0n) is 9.35. The summed E-state index contributed by atoms with van der Waals surface area (Å²) in [6, 6.07) is -2.30. The second-order valence-electron chi connectivity index (χ2n) is 3.76. The van der Waals surface area contributed by atoms with E-state index in [2.05, 4.69) is 10.6 Å². The molecule has 94 valence electrons. The van der Waals surface area contributed by atoms with E-state index in [0.29, 0.717) is 0 Å². The Kier molecular flexibility index (Phi) is 5.22. The van der Waals surface area contributed by atoms with Crippen molar-refractivity contribution in [2.75, 3.05) is 12.0 Å². The SMILES string of the molecule is CC(C)NC(=O)NC(CS(C)(=O)=O)C(=O)O. The van der Waals surface area contributed by atoms with Crippen LogP contribution in [0.1, 0.15) is 13.8 Å². The Morgan fingerprint density at radius 3 is 2.06 bits per heavy atom. The normalized spacial score (nSPS) is 13.2. The first-order valence-corrected chi connectivity index (χ1v) is 6.65. The van der Waals surface area contributed by atoms with Crippen LogP contribution in [0.4, 0.5) is 4.79 Å². The molecule has 3 N–H and O–H groups in total. The van der Waals surface area contributed by atoms with Gasteiger partial charge in [0.1, 0.15) is 15.9 Å². The molecule has 0 fully saturated rings. The fourth-order valence-electron chi connectivity index (χ4n) is 0.940. The van der Waals surface area contributed by atoms with Crippen LogP contribution in [0.15, 0.2) is 0 Å². The fourth-order valence-corrected chi connectivity index (χ4v) is 1.77. The minimum atomic E-state index is -3.47. The van der Waals surface area contributed by atoms with E-state index >= 15 is 0 Å². The highest BCUT2D eigenvalue weighted by Crippen LogP contribution is 1.92. The quantitative estimate of drug-likeness (QED) is 0.592. The molecule has 0 aromatic carbocycles. The van der Waals surface area contributed by atoms with E-state index in [9.17, 15) is 18.0 Å². The zero-order chi connectivity index (χ0) is 12.9. The van der Waals surface area contributed by atoms with Gasteiger partial charge in [0, 0.05) is 12.3 Å². The number of urea groups is 1. The summed E-state index contributed by atoms with van der Waals surface area (Å²) in [4.78, 5) is 21.9. The molecule has 0 bridgehead atoms. The Morgan fingerprint density at radius 1 is 1.25 bits per heavy atom. The third-order valence-electron chi connectivity index (χ3n) is 1.49. The molecule has 16 heavy (non-hydrogen) atoms. The average molecular weight is 252 g/mol. The van der Waals surface area contributed by atoms with Crippen molar-refractivity contribution in [1.29, 1.82) is 0 Å². The van der Waals surface area contributed by atoms with Gasteiger partial charge in [-0.15, -0.1) is 0 Å². The maximum atomic E-state index is 11.2. The minimum Gasteiger partial charge on any atom is -0.480 e. The van der Waals surface area contributed by atoms with E-state index < -0.39 is 33.6 Å². The molecule has 0 aromatic heterocycles. The molecule has 0 heterocycles. The molecule has 7 nitrogen and oxygen atoms in total. The molecular formula is C8H16N2O5S. The summed E-state index contributed by atoms with van der Waals surface area (Å²) in [5.74, 6) is -2.02. The van der Waals surface area contributed by atoms with Gasteiger partial charge in [-0.25, -0.2) is 18.0 Å². The van der Waals surface area contributed by atoms with E-state index in [0.717, 1.165) is 6.26 Å². The summed E-state index contributed by atoms with van der Waals surface area (Å²) in [6.07, 6.45) is 0.908. The Hall–Kier alpha value is -1.31. The molecule has 0 saturated carbocycles. The molecule has 2 amide bonds. The number of carbonyl (C=O) groups excluding carboxylic acids is 1. The lowest BCUT2D eigenvalue weighted by Crippen LogP contribution is -2.50. The molecule has 0 aliphatic rings. The Balaban J connectivity index is 4.47. The smallest absolute Gasteiger partial charge is 0.327 e. The van der Waals surface area contributed by atoms with Gasteiger partial charge in [-0.3, -0.25) is 0 Å². The summed E-state index contributed by atoms with van der Waals surface area (Å²) in [5.41, 5.74) is 0. The summed E-state index contributed by atoms with van der Waals surface area (Å²) < 4.78 is 21.8. The van der Waals surface area contributed by atoms with E-state index in [-0.39, 0.29) is 6.04 Å². The van der Waals surface area contributed by atoms with Gasteiger partial charge < -0.3 is 15.7 Å². The number of hydrogen-bond donors (Lipinski definition) is 3. The third-order valence-corrected chi connectivity index (χ3v) is 2.43. The van der Waals surface area contributed by atoms with Crippen LogP contribution in [0.25, 0.3) is 0 Å². The highest BCUT2D eigenvalue weighted by atomic mass is 32.2. The molecule has 1 unspecified atom stereocenters. The van der Waals surface area contributed by atoms with Crippen molar-refractivity contribution < 1.29 is 23.1 Å². The lowest BCUT2D eigenvalue weighted by atomic mass is 10.3. The minimum absolute atomic E-state index is 0.160. The summed E-state index contributed by atoms with van der Waals surface area (Å²) in [7, 11) is -3.47. The van der Waals surface area contributed by atoms with E-state index in [1.165, 1.54) is 0 Å². The van der Waals surface area contributed by atoms with Crippen molar-refractivity contribution >= 4 is 21.8 Å². The van der Waals surface area contributed by atoms with Crippen molar-refractivity contribution in [3.8, 4) is 0 Å². The lowest BCUT2D eigenvalue weighted by molar-refractivity contribution is -0.138. The van der Waals surface area contributed by atoms with E-state index in [4.69, 9.17) is 5.11 Å². The number of hydrogen-bond acceptors (Lipinski definition) is 4. The van der Waals surface area contributed by atoms with Crippen LogP contribution in [-0.4, -0.2) is 49.6 Å². The number of carboxylic acids is 1. The monoisotopic (exact) mass is 252 g/mol. The number of rotatable bonds is 5. The standard InChI is InChI=1S/C8H16N2O5S/c1-5(2)9-8(13)10-6(7(11)12)4-16(3,14)15/h5-6H,4H2,1-3H3,(H,11,12)(H2,9,10,13). The van der Waals surface area contributed by atoms with Gasteiger partial charge >= 0.3 is 12.0 Å². The van der Waals surface area contributed by atoms with Crippen molar-refractivity contribution in [2.24, 2.45) is 0 Å². The highest BCUT2D eigenvalue weighted by molar-refractivity contribution is 7.90. The van der Waals surface area contributed by atoms with Crippen LogP contribution in [0, 0.1) is 0 Å². The first kappa shape index (κ1) is 14.7. The summed E-state index contributed by atoms with van der Waals surface area (Å²) >= 11 is 0. The maximum Gasteiger partial charge on any atom is 0.327 e. The number of carboxylic acid groups (broad SMARTS) is 1. The fraction of sp³-hybridized carbons (Fsp3) is 0.750. The third kappa shape index (κ3) is 7.04. The van der Waals surface area contributed by atoms with E-state index in [1.807, 2.05) is 0 Å². The van der Waals surface area contributed by atoms with Gasteiger partial charge in [0.05, 0.1) is 5.75 Å². The van der Waals surface area contributed by atoms with Crippen molar-refractivity contribution in [1.82, 2.24) is 10.6 Å². The van der Waals surface area contributed by atoms with Gasteiger partial charge in [-0.2, -0.15) is 0 Å². The first-order valence-electron chi connectivity index (χ1n) is 4.59. The van der Waals surface area contributed by atoms with Crippen LogP contribution in [0.2, 0.25) is 0 Å². The molecular weight excluding hydrogens is 236 g/mol. The number of nitrogens with one attached hydrogen (secondary N) is 2. The second kappa shape index (κ2) is 5.69. The van der Waals surface area contributed by atoms with Crippen LogP contribution >= 0.6 is 0 Å². The Bertz CT molecular complexity index is 363. The average Bonchev–Trinajstić information content (AvgIpc) is 1.97.